The average Bonchev–Trinajstić information content (AvgIpc) is 1.88. The summed E-state index contributed by atoms with van der Waals surface area (Å²) in [6.45, 7) is 2.39. The van der Waals surface area contributed by atoms with Crippen molar-refractivity contribution in [1.82, 2.24) is 0 Å². The van der Waals surface area contributed by atoms with Crippen LogP contribution in [0.2, 0.25) is 0 Å². The SMILES string of the molecule is NCCN.NCCN.O. The first-order chi connectivity index (χ1) is 3.83. The maximum Gasteiger partial charge on any atom is 0.00461 e. The van der Waals surface area contributed by atoms with Crippen molar-refractivity contribution in [1.29, 1.82) is 0 Å². The Bertz CT molecular complexity index is 20.5. The molecule has 0 radical (unpaired) electrons. The molecule has 0 aromatic heterocycles. The van der Waals surface area contributed by atoms with E-state index in [1.165, 1.54) is 0 Å². The van der Waals surface area contributed by atoms with Gasteiger partial charge in [-0.1, -0.05) is 0 Å². The minimum atomic E-state index is 0. The molecule has 0 aromatic rings. The minimum absolute atomic E-state index is 0. The summed E-state index contributed by atoms with van der Waals surface area (Å²) in [5.41, 5.74) is 19.6. The predicted octanol–water partition coefficient (Wildman–Crippen LogP) is -3.02. The molecule has 0 aliphatic rings. The second-order valence-corrected chi connectivity index (χ2v) is 1.15. The van der Waals surface area contributed by atoms with Crippen molar-refractivity contribution in [2.45, 2.75) is 0 Å². The molecule has 0 atom stereocenters. The lowest BCUT2D eigenvalue weighted by Gasteiger charge is -1.72. The standard InChI is InChI=1S/2C2H8N2.H2O/c2*3-1-2-4;/h2*1-4H2;1H2. The van der Waals surface area contributed by atoms with Gasteiger partial charge in [0.1, 0.15) is 0 Å². The highest BCUT2D eigenvalue weighted by Gasteiger charge is 1.54. The number of hydrogen-bond acceptors (Lipinski definition) is 4. The van der Waals surface area contributed by atoms with E-state index >= 15 is 0 Å². The third kappa shape index (κ3) is 81.0. The Hall–Kier alpha value is -0.200. The van der Waals surface area contributed by atoms with Crippen LogP contribution < -0.4 is 22.9 Å². The summed E-state index contributed by atoms with van der Waals surface area (Å²) in [4.78, 5) is 0. The molecule has 0 heterocycles. The maximum absolute atomic E-state index is 4.90. The summed E-state index contributed by atoms with van der Waals surface area (Å²) in [6, 6.07) is 0. The fourth-order valence-electron chi connectivity index (χ4n) is 0. The zero-order valence-electron chi connectivity index (χ0n) is 5.64. The van der Waals surface area contributed by atoms with Crippen LogP contribution in [-0.2, 0) is 0 Å². The van der Waals surface area contributed by atoms with Gasteiger partial charge in [-0.05, 0) is 0 Å². The van der Waals surface area contributed by atoms with E-state index in [0.717, 1.165) is 0 Å². The van der Waals surface area contributed by atoms with E-state index in [9.17, 15) is 0 Å². The highest BCUT2D eigenvalue weighted by atomic mass is 16.0. The zero-order valence-corrected chi connectivity index (χ0v) is 5.64. The predicted molar refractivity (Wildman–Crippen MR) is 39.8 cm³/mol. The summed E-state index contributed by atoms with van der Waals surface area (Å²) in [5, 5.41) is 0. The van der Waals surface area contributed by atoms with Crippen LogP contribution in [-0.4, -0.2) is 31.7 Å². The fourth-order valence-corrected chi connectivity index (χ4v) is 0. The Labute approximate surface area is 55.7 Å². The van der Waals surface area contributed by atoms with Gasteiger partial charge in [-0.2, -0.15) is 0 Å². The molecule has 5 heteroatoms. The Morgan fingerprint density at radius 2 is 0.667 bits per heavy atom. The lowest BCUT2D eigenvalue weighted by Crippen LogP contribution is -2.11. The molecular formula is C4H18N4O. The third-order valence-electron chi connectivity index (χ3n) is 0.333. The monoisotopic (exact) mass is 138 g/mol. The summed E-state index contributed by atoms with van der Waals surface area (Å²) < 4.78 is 0. The fraction of sp³-hybridized carbons (Fsp3) is 1.00. The third-order valence-corrected chi connectivity index (χ3v) is 0.333. The molecule has 0 spiro atoms. The topological polar surface area (TPSA) is 136 Å². The minimum Gasteiger partial charge on any atom is -0.412 e. The van der Waals surface area contributed by atoms with E-state index in [-0.39, 0.29) is 5.48 Å². The van der Waals surface area contributed by atoms with Crippen LogP contribution >= 0.6 is 0 Å². The average molecular weight is 138 g/mol. The molecule has 5 nitrogen and oxygen atoms in total. The lowest BCUT2D eigenvalue weighted by atomic mass is 10.7. The van der Waals surface area contributed by atoms with Crippen molar-refractivity contribution in [3.8, 4) is 0 Å². The summed E-state index contributed by atoms with van der Waals surface area (Å²) in [6.07, 6.45) is 0. The van der Waals surface area contributed by atoms with Gasteiger partial charge < -0.3 is 28.4 Å². The molecule has 0 rings (SSSR count). The maximum atomic E-state index is 4.90. The molecule has 0 aliphatic heterocycles. The van der Waals surface area contributed by atoms with E-state index in [2.05, 4.69) is 0 Å². The van der Waals surface area contributed by atoms with Gasteiger partial charge in [0.15, 0.2) is 0 Å². The van der Waals surface area contributed by atoms with E-state index in [1.807, 2.05) is 0 Å². The zero-order chi connectivity index (χ0) is 6.83. The highest BCUT2D eigenvalue weighted by Crippen LogP contribution is 1.24. The van der Waals surface area contributed by atoms with Crippen molar-refractivity contribution in [2.75, 3.05) is 26.2 Å². The summed E-state index contributed by atoms with van der Waals surface area (Å²) in [7, 11) is 0. The molecule has 0 saturated heterocycles. The largest absolute Gasteiger partial charge is 0.412 e. The number of nitrogens with two attached hydrogens (primary N) is 4. The number of hydrogen-bond donors (Lipinski definition) is 4. The number of rotatable bonds is 2. The molecule has 0 amide bonds. The molecule has 0 saturated carbocycles. The van der Waals surface area contributed by atoms with Gasteiger partial charge in [-0.15, -0.1) is 0 Å². The van der Waals surface area contributed by atoms with E-state index in [0.29, 0.717) is 26.2 Å². The van der Waals surface area contributed by atoms with E-state index in [4.69, 9.17) is 22.9 Å². The Morgan fingerprint density at radius 1 is 0.556 bits per heavy atom. The van der Waals surface area contributed by atoms with Crippen molar-refractivity contribution in [2.24, 2.45) is 22.9 Å². The van der Waals surface area contributed by atoms with Crippen molar-refractivity contribution < 1.29 is 5.48 Å². The van der Waals surface area contributed by atoms with Gasteiger partial charge in [0.05, 0.1) is 0 Å². The molecule has 9 heavy (non-hydrogen) atoms. The molecule has 60 valence electrons. The van der Waals surface area contributed by atoms with Gasteiger partial charge in [-0.3, -0.25) is 0 Å². The van der Waals surface area contributed by atoms with Crippen LogP contribution in [0.15, 0.2) is 0 Å². The Morgan fingerprint density at radius 3 is 0.667 bits per heavy atom. The van der Waals surface area contributed by atoms with Gasteiger partial charge >= 0.3 is 0 Å². The first-order valence-electron chi connectivity index (χ1n) is 2.63. The van der Waals surface area contributed by atoms with Gasteiger partial charge in [0.25, 0.3) is 0 Å². The summed E-state index contributed by atoms with van der Waals surface area (Å²) >= 11 is 0. The smallest absolute Gasteiger partial charge is 0.00461 e. The van der Waals surface area contributed by atoms with Crippen LogP contribution in [0.3, 0.4) is 0 Å². The molecule has 0 aromatic carbocycles. The highest BCUT2D eigenvalue weighted by molar-refractivity contribution is 4.26. The second kappa shape index (κ2) is 25.0. The quantitative estimate of drug-likeness (QED) is 0.323. The van der Waals surface area contributed by atoms with Crippen LogP contribution in [0, 0.1) is 0 Å². The molecule has 10 N–H and O–H groups in total. The van der Waals surface area contributed by atoms with Crippen molar-refractivity contribution in [3.05, 3.63) is 0 Å². The lowest BCUT2D eigenvalue weighted by molar-refractivity contribution is 0.824. The normalized spacial score (nSPS) is 6.67. The molecule has 0 bridgehead atoms. The molecular weight excluding hydrogens is 120 g/mol. The van der Waals surface area contributed by atoms with Gasteiger partial charge in [0.2, 0.25) is 0 Å². The Kier molecular flexibility index (Phi) is 44.2. The molecule has 0 unspecified atom stereocenters. The van der Waals surface area contributed by atoms with Gasteiger partial charge in [-0.25, -0.2) is 0 Å². The second-order valence-electron chi connectivity index (χ2n) is 1.15. The summed E-state index contributed by atoms with van der Waals surface area (Å²) in [5.74, 6) is 0. The molecule has 0 aliphatic carbocycles. The van der Waals surface area contributed by atoms with E-state index < -0.39 is 0 Å². The van der Waals surface area contributed by atoms with Crippen molar-refractivity contribution in [3.63, 3.8) is 0 Å². The van der Waals surface area contributed by atoms with Gasteiger partial charge in [0, 0.05) is 26.2 Å². The van der Waals surface area contributed by atoms with Crippen LogP contribution in [0.4, 0.5) is 0 Å². The van der Waals surface area contributed by atoms with Crippen LogP contribution in [0.1, 0.15) is 0 Å². The van der Waals surface area contributed by atoms with E-state index in [1.54, 1.807) is 0 Å². The van der Waals surface area contributed by atoms with Crippen LogP contribution in [0.25, 0.3) is 0 Å². The van der Waals surface area contributed by atoms with Crippen molar-refractivity contribution >= 4 is 0 Å². The van der Waals surface area contributed by atoms with Crippen LogP contribution in [0.5, 0.6) is 0 Å². The first-order valence-corrected chi connectivity index (χ1v) is 2.63. The Balaban J connectivity index is -0.0000000720. The first kappa shape index (κ1) is 15.9. The molecule has 0 fully saturated rings.